The normalized spacial score (nSPS) is 10.8. The molecule has 152 valence electrons. The summed E-state index contributed by atoms with van der Waals surface area (Å²) in [5.41, 5.74) is 3.33. The van der Waals surface area contributed by atoms with Gasteiger partial charge in [-0.25, -0.2) is 9.97 Å². The molecule has 0 fully saturated rings. The van der Waals surface area contributed by atoms with Crippen molar-refractivity contribution in [3.05, 3.63) is 62.8 Å². The van der Waals surface area contributed by atoms with Crippen molar-refractivity contribution in [2.24, 2.45) is 0 Å². The Hall–Kier alpha value is -3.00. The Bertz CT molecular complexity index is 1040. The zero-order chi connectivity index (χ0) is 21.0. The van der Waals surface area contributed by atoms with Gasteiger partial charge in [0, 0.05) is 16.1 Å². The molecule has 0 unspecified atom stereocenters. The number of anilines is 1. The number of nitrogens with one attached hydrogen (secondary N) is 2. The van der Waals surface area contributed by atoms with Crippen LogP contribution in [0.1, 0.15) is 61.1 Å². The van der Waals surface area contributed by atoms with Crippen molar-refractivity contribution >= 4 is 28.8 Å². The number of nitrogens with zero attached hydrogens (tertiary/aromatic N) is 2. The van der Waals surface area contributed by atoms with E-state index in [1.807, 2.05) is 13.8 Å². The summed E-state index contributed by atoms with van der Waals surface area (Å²) >= 11 is 1.64. The van der Waals surface area contributed by atoms with E-state index in [1.54, 1.807) is 36.5 Å². The predicted octanol–water partition coefficient (Wildman–Crippen LogP) is 4.19. The molecule has 7 nitrogen and oxygen atoms in total. The highest BCUT2D eigenvalue weighted by Gasteiger charge is 2.16. The Morgan fingerprint density at radius 3 is 2.62 bits per heavy atom. The standard InChI is InChI=1S/C21H24N4O3S/c1-5-6-18-24-13(3)17(29-18)10-22-20(26)15-8-7-12(2)16(9-15)25-21(27)19-14(4)23-11-28-19/h7-9,11H,5-6,10H2,1-4H3,(H,22,26)(H,25,27). The minimum absolute atomic E-state index is 0.155. The number of amides is 2. The number of thiazole rings is 1. The Balaban J connectivity index is 1.69. The smallest absolute Gasteiger partial charge is 0.293 e. The first-order valence-corrected chi connectivity index (χ1v) is 10.3. The topological polar surface area (TPSA) is 97.1 Å². The molecule has 0 spiro atoms. The van der Waals surface area contributed by atoms with Gasteiger partial charge in [0.25, 0.3) is 11.8 Å². The second kappa shape index (κ2) is 9.00. The van der Waals surface area contributed by atoms with E-state index in [1.165, 1.54) is 6.39 Å². The van der Waals surface area contributed by atoms with Crippen LogP contribution in [0.5, 0.6) is 0 Å². The van der Waals surface area contributed by atoms with Crippen LogP contribution >= 0.6 is 11.3 Å². The van der Waals surface area contributed by atoms with E-state index >= 15 is 0 Å². The van der Waals surface area contributed by atoms with Gasteiger partial charge in [0.15, 0.2) is 6.39 Å². The number of aromatic nitrogens is 2. The number of oxazole rings is 1. The fourth-order valence-electron chi connectivity index (χ4n) is 2.83. The first-order chi connectivity index (χ1) is 13.9. The highest BCUT2D eigenvalue weighted by molar-refractivity contribution is 7.11. The van der Waals surface area contributed by atoms with Crippen molar-refractivity contribution < 1.29 is 14.0 Å². The van der Waals surface area contributed by atoms with Gasteiger partial charge in [0.2, 0.25) is 5.76 Å². The molecule has 2 heterocycles. The number of carbonyl (C=O) groups is 2. The largest absolute Gasteiger partial charge is 0.438 e. The molecule has 3 aromatic rings. The molecule has 8 heteroatoms. The lowest BCUT2D eigenvalue weighted by Gasteiger charge is -2.10. The summed E-state index contributed by atoms with van der Waals surface area (Å²) in [7, 11) is 0. The number of benzene rings is 1. The van der Waals surface area contributed by atoms with Gasteiger partial charge in [-0.15, -0.1) is 11.3 Å². The summed E-state index contributed by atoms with van der Waals surface area (Å²) in [6.45, 7) is 8.07. The Morgan fingerprint density at radius 2 is 1.93 bits per heavy atom. The average molecular weight is 413 g/mol. The summed E-state index contributed by atoms with van der Waals surface area (Å²) in [6, 6.07) is 5.20. The zero-order valence-electron chi connectivity index (χ0n) is 17.0. The number of hydrogen-bond acceptors (Lipinski definition) is 6. The lowest BCUT2D eigenvalue weighted by Crippen LogP contribution is -2.23. The lowest BCUT2D eigenvalue weighted by molar-refractivity contribution is 0.0949. The first-order valence-electron chi connectivity index (χ1n) is 9.44. The van der Waals surface area contributed by atoms with E-state index in [-0.39, 0.29) is 11.7 Å². The van der Waals surface area contributed by atoms with Crippen LogP contribution in [0.25, 0.3) is 0 Å². The van der Waals surface area contributed by atoms with Gasteiger partial charge >= 0.3 is 0 Å². The second-order valence-corrected chi connectivity index (χ2v) is 7.97. The van der Waals surface area contributed by atoms with Crippen molar-refractivity contribution in [1.82, 2.24) is 15.3 Å². The van der Waals surface area contributed by atoms with E-state index in [9.17, 15) is 9.59 Å². The van der Waals surface area contributed by atoms with Crippen LogP contribution < -0.4 is 10.6 Å². The van der Waals surface area contributed by atoms with Crippen molar-refractivity contribution in [3.63, 3.8) is 0 Å². The summed E-state index contributed by atoms with van der Waals surface area (Å²) < 4.78 is 5.13. The van der Waals surface area contributed by atoms with Crippen molar-refractivity contribution in [2.45, 2.75) is 47.1 Å². The minimum atomic E-state index is -0.399. The van der Waals surface area contributed by atoms with Crippen LogP contribution in [-0.2, 0) is 13.0 Å². The highest BCUT2D eigenvalue weighted by atomic mass is 32.1. The third-order valence-electron chi connectivity index (χ3n) is 4.51. The van der Waals surface area contributed by atoms with Gasteiger partial charge in [-0.1, -0.05) is 13.0 Å². The van der Waals surface area contributed by atoms with E-state index in [2.05, 4.69) is 27.5 Å². The van der Waals surface area contributed by atoms with Crippen LogP contribution in [0.2, 0.25) is 0 Å². The van der Waals surface area contributed by atoms with Gasteiger partial charge in [-0.2, -0.15) is 0 Å². The number of rotatable bonds is 7. The first kappa shape index (κ1) is 20.7. The molecule has 0 atom stereocenters. The molecule has 2 amide bonds. The van der Waals surface area contributed by atoms with E-state index < -0.39 is 5.91 Å². The number of aryl methyl sites for hydroxylation is 4. The summed E-state index contributed by atoms with van der Waals surface area (Å²) in [6.07, 6.45) is 3.23. The molecule has 2 aromatic heterocycles. The summed E-state index contributed by atoms with van der Waals surface area (Å²) in [5, 5.41) is 6.82. The molecule has 2 N–H and O–H groups in total. The maximum absolute atomic E-state index is 12.6. The monoisotopic (exact) mass is 412 g/mol. The lowest BCUT2D eigenvalue weighted by atomic mass is 10.1. The van der Waals surface area contributed by atoms with Gasteiger partial charge in [-0.05, 0) is 51.3 Å². The summed E-state index contributed by atoms with van der Waals surface area (Å²) in [5.74, 6) is -0.451. The molecule has 0 aliphatic rings. The number of carbonyl (C=O) groups excluding carboxylic acids is 2. The average Bonchev–Trinajstić information content (AvgIpc) is 3.27. The summed E-state index contributed by atoms with van der Waals surface area (Å²) in [4.78, 5) is 34.5. The molecule has 0 saturated carbocycles. The minimum Gasteiger partial charge on any atom is -0.438 e. The molecule has 0 aliphatic carbocycles. The van der Waals surface area contributed by atoms with Crippen molar-refractivity contribution in [1.29, 1.82) is 0 Å². The second-order valence-electron chi connectivity index (χ2n) is 6.80. The van der Waals surface area contributed by atoms with Crippen LogP contribution in [0.4, 0.5) is 5.69 Å². The van der Waals surface area contributed by atoms with Gasteiger partial charge in [0.05, 0.1) is 22.9 Å². The van der Waals surface area contributed by atoms with E-state index in [4.69, 9.17) is 4.42 Å². The quantitative estimate of drug-likeness (QED) is 0.606. The third kappa shape index (κ3) is 4.89. The number of hydrogen-bond donors (Lipinski definition) is 2. The maximum atomic E-state index is 12.6. The molecule has 0 aliphatic heterocycles. The van der Waals surface area contributed by atoms with Crippen LogP contribution in [0.3, 0.4) is 0 Å². The van der Waals surface area contributed by atoms with E-state index in [0.29, 0.717) is 23.5 Å². The van der Waals surface area contributed by atoms with Crippen molar-refractivity contribution in [3.8, 4) is 0 Å². The Morgan fingerprint density at radius 1 is 1.14 bits per heavy atom. The van der Waals surface area contributed by atoms with Gasteiger partial charge < -0.3 is 15.1 Å². The fourth-order valence-corrected chi connectivity index (χ4v) is 3.94. The van der Waals surface area contributed by atoms with Crippen LogP contribution in [0.15, 0.2) is 29.0 Å². The molecule has 3 rings (SSSR count). The SMILES string of the molecule is CCCc1nc(C)c(CNC(=O)c2ccc(C)c(NC(=O)c3ocnc3C)c2)s1. The molecule has 29 heavy (non-hydrogen) atoms. The van der Waals surface area contributed by atoms with Gasteiger partial charge in [0.1, 0.15) is 0 Å². The fraction of sp³-hybridized carbons (Fsp3) is 0.333. The molecular weight excluding hydrogens is 388 g/mol. The van der Waals surface area contributed by atoms with Crippen molar-refractivity contribution in [2.75, 3.05) is 5.32 Å². The molecule has 0 radical (unpaired) electrons. The van der Waals surface area contributed by atoms with Crippen LogP contribution in [-0.4, -0.2) is 21.8 Å². The maximum Gasteiger partial charge on any atom is 0.293 e. The third-order valence-corrected chi connectivity index (χ3v) is 5.73. The van der Waals surface area contributed by atoms with Crippen LogP contribution in [0, 0.1) is 20.8 Å². The van der Waals surface area contributed by atoms with E-state index in [0.717, 1.165) is 34.0 Å². The highest BCUT2D eigenvalue weighted by Crippen LogP contribution is 2.21. The molecule has 0 bridgehead atoms. The predicted molar refractivity (Wildman–Crippen MR) is 112 cm³/mol. The molecular formula is C21H24N4O3S. The molecule has 1 aromatic carbocycles. The Labute approximate surface area is 173 Å². The van der Waals surface area contributed by atoms with Gasteiger partial charge in [-0.3, -0.25) is 9.59 Å². The molecule has 0 saturated heterocycles. The Kier molecular flexibility index (Phi) is 6.43. The zero-order valence-corrected chi connectivity index (χ0v) is 17.8.